The molecule has 0 amide bonds. The number of fused-ring (bicyclic) bond motifs is 1. The molecular formula is C26H33F. The summed E-state index contributed by atoms with van der Waals surface area (Å²) in [6.07, 6.45) is 10.9. The molecule has 1 aliphatic rings. The maximum atomic E-state index is 13.3. The van der Waals surface area contributed by atoms with Gasteiger partial charge in [-0.1, -0.05) is 88.1 Å². The summed E-state index contributed by atoms with van der Waals surface area (Å²) in [7, 11) is 0. The molecule has 0 fully saturated rings. The van der Waals surface area contributed by atoms with Crippen molar-refractivity contribution in [3.8, 4) is 0 Å². The van der Waals surface area contributed by atoms with Crippen molar-refractivity contribution < 1.29 is 4.39 Å². The quantitative estimate of drug-likeness (QED) is 0.396. The molecule has 1 aliphatic carbocycles. The van der Waals surface area contributed by atoms with Crippen LogP contribution in [-0.2, 0) is 6.42 Å². The highest BCUT2D eigenvalue weighted by Gasteiger charge is 2.37. The zero-order valence-electron chi connectivity index (χ0n) is 17.1. The van der Waals surface area contributed by atoms with Crippen LogP contribution in [0.5, 0.6) is 0 Å². The lowest BCUT2D eigenvalue weighted by molar-refractivity contribution is 0.268. The van der Waals surface area contributed by atoms with Gasteiger partial charge in [0.1, 0.15) is 5.82 Å². The first-order chi connectivity index (χ1) is 13.1. The normalized spacial score (nSPS) is 18.1. The lowest BCUT2D eigenvalue weighted by Gasteiger charge is -2.37. The van der Waals surface area contributed by atoms with E-state index < -0.39 is 0 Å². The molecule has 0 saturated heterocycles. The van der Waals surface area contributed by atoms with E-state index in [2.05, 4.69) is 51.1 Å². The molecule has 2 aromatic rings. The highest BCUT2D eigenvalue weighted by Crippen LogP contribution is 2.51. The predicted molar refractivity (Wildman–Crippen MR) is 114 cm³/mol. The second kappa shape index (κ2) is 8.87. The minimum Gasteiger partial charge on any atom is -0.207 e. The molecule has 0 N–H and O–H groups in total. The molecule has 0 aliphatic heterocycles. The van der Waals surface area contributed by atoms with Crippen molar-refractivity contribution in [3.05, 3.63) is 76.6 Å². The molecule has 0 heterocycles. The Bertz CT molecular complexity index is 771. The van der Waals surface area contributed by atoms with Gasteiger partial charge in [0.25, 0.3) is 0 Å². The van der Waals surface area contributed by atoms with Crippen molar-refractivity contribution in [2.75, 3.05) is 0 Å². The van der Waals surface area contributed by atoms with Crippen molar-refractivity contribution in [3.63, 3.8) is 0 Å². The fourth-order valence-electron chi connectivity index (χ4n) is 4.83. The Kier molecular flexibility index (Phi) is 6.52. The molecule has 0 spiro atoms. The van der Waals surface area contributed by atoms with Gasteiger partial charge in [0.05, 0.1) is 0 Å². The van der Waals surface area contributed by atoms with E-state index in [-0.39, 0.29) is 11.2 Å². The van der Waals surface area contributed by atoms with E-state index in [9.17, 15) is 4.39 Å². The average Bonchev–Trinajstić information content (AvgIpc) is 3.04. The van der Waals surface area contributed by atoms with Gasteiger partial charge in [0.15, 0.2) is 0 Å². The number of benzene rings is 2. The molecule has 2 aromatic carbocycles. The van der Waals surface area contributed by atoms with Crippen LogP contribution in [0.2, 0.25) is 0 Å². The van der Waals surface area contributed by atoms with Crippen LogP contribution in [0.15, 0.2) is 54.1 Å². The second-order valence-corrected chi connectivity index (χ2v) is 8.17. The number of aryl methyl sites for hydroxylation is 1. The van der Waals surface area contributed by atoms with Crippen molar-refractivity contribution in [1.82, 2.24) is 0 Å². The largest absolute Gasteiger partial charge is 0.207 e. The van der Waals surface area contributed by atoms with Gasteiger partial charge in [-0.3, -0.25) is 0 Å². The molecule has 0 aromatic heterocycles. The van der Waals surface area contributed by atoms with Crippen molar-refractivity contribution in [1.29, 1.82) is 0 Å². The maximum absolute atomic E-state index is 13.3. The van der Waals surface area contributed by atoms with Crippen LogP contribution >= 0.6 is 0 Å². The SMILES string of the molecule is CCCCCC(CC)(CCc1ccc(F)cc1)C1=Cc2ccccc2C1C. The van der Waals surface area contributed by atoms with E-state index in [0.717, 1.165) is 12.8 Å². The van der Waals surface area contributed by atoms with Gasteiger partial charge in [0, 0.05) is 5.92 Å². The Morgan fingerprint density at radius 2 is 1.67 bits per heavy atom. The fourth-order valence-corrected chi connectivity index (χ4v) is 4.83. The summed E-state index contributed by atoms with van der Waals surface area (Å²) in [5.41, 5.74) is 5.97. The minimum absolute atomic E-state index is 0.147. The third-order valence-electron chi connectivity index (χ3n) is 6.59. The first-order valence-corrected chi connectivity index (χ1v) is 10.6. The molecule has 2 unspecified atom stereocenters. The van der Waals surface area contributed by atoms with E-state index in [1.807, 2.05) is 12.1 Å². The van der Waals surface area contributed by atoms with Gasteiger partial charge in [-0.25, -0.2) is 4.39 Å². The summed E-state index contributed by atoms with van der Waals surface area (Å²) in [6, 6.07) is 15.9. The second-order valence-electron chi connectivity index (χ2n) is 8.17. The van der Waals surface area contributed by atoms with E-state index in [4.69, 9.17) is 0 Å². The first kappa shape index (κ1) is 19.9. The fraction of sp³-hybridized carbons (Fsp3) is 0.462. The summed E-state index contributed by atoms with van der Waals surface area (Å²) < 4.78 is 13.3. The number of rotatable bonds is 9. The molecule has 0 nitrogen and oxygen atoms in total. The Balaban J connectivity index is 1.86. The monoisotopic (exact) mass is 364 g/mol. The number of allylic oxidation sites excluding steroid dienone is 1. The van der Waals surface area contributed by atoms with E-state index in [1.165, 1.54) is 48.8 Å². The Hall–Kier alpha value is -1.89. The molecule has 1 heteroatoms. The van der Waals surface area contributed by atoms with E-state index >= 15 is 0 Å². The molecule has 0 radical (unpaired) electrons. The highest BCUT2D eigenvalue weighted by molar-refractivity contribution is 5.67. The third kappa shape index (κ3) is 4.34. The zero-order valence-corrected chi connectivity index (χ0v) is 17.1. The van der Waals surface area contributed by atoms with Crippen LogP contribution in [-0.4, -0.2) is 0 Å². The standard InChI is InChI=1S/C26H33F/c1-4-6-9-17-26(5-2,18-16-21-12-14-23(27)15-13-21)25-19-22-10-7-8-11-24(22)20(25)3/h7-8,10-15,19-20H,4-6,9,16-18H2,1-3H3. The van der Waals surface area contributed by atoms with Crippen LogP contribution in [0.4, 0.5) is 4.39 Å². The van der Waals surface area contributed by atoms with Gasteiger partial charge in [-0.15, -0.1) is 0 Å². The number of hydrogen-bond donors (Lipinski definition) is 0. The summed E-state index contributed by atoms with van der Waals surface area (Å²) in [5, 5.41) is 0. The van der Waals surface area contributed by atoms with Gasteiger partial charge < -0.3 is 0 Å². The van der Waals surface area contributed by atoms with E-state index in [1.54, 1.807) is 17.7 Å². The summed E-state index contributed by atoms with van der Waals surface area (Å²) in [6.45, 7) is 7.01. The van der Waals surface area contributed by atoms with Crippen LogP contribution in [0.1, 0.15) is 81.9 Å². The predicted octanol–water partition coefficient (Wildman–Crippen LogP) is 7.94. The Labute approximate surface area is 164 Å². The molecule has 27 heavy (non-hydrogen) atoms. The lowest BCUT2D eigenvalue weighted by atomic mass is 9.67. The smallest absolute Gasteiger partial charge is 0.123 e. The lowest BCUT2D eigenvalue weighted by Crippen LogP contribution is -2.25. The Morgan fingerprint density at radius 3 is 2.33 bits per heavy atom. The Morgan fingerprint density at radius 1 is 0.926 bits per heavy atom. The zero-order chi connectivity index (χ0) is 19.3. The maximum Gasteiger partial charge on any atom is 0.123 e. The summed E-state index contributed by atoms with van der Waals surface area (Å²) in [4.78, 5) is 0. The van der Waals surface area contributed by atoms with Crippen LogP contribution in [0.3, 0.4) is 0 Å². The van der Waals surface area contributed by atoms with Gasteiger partial charge in [-0.2, -0.15) is 0 Å². The highest BCUT2D eigenvalue weighted by atomic mass is 19.1. The number of unbranched alkanes of at least 4 members (excludes halogenated alkanes) is 2. The topological polar surface area (TPSA) is 0 Å². The molecule has 0 bridgehead atoms. The van der Waals surface area contributed by atoms with Crippen molar-refractivity contribution >= 4 is 6.08 Å². The number of hydrogen-bond acceptors (Lipinski definition) is 0. The van der Waals surface area contributed by atoms with Crippen molar-refractivity contribution in [2.24, 2.45) is 5.41 Å². The van der Waals surface area contributed by atoms with Gasteiger partial charge in [0.2, 0.25) is 0 Å². The summed E-state index contributed by atoms with van der Waals surface area (Å²) >= 11 is 0. The minimum atomic E-state index is -0.147. The van der Waals surface area contributed by atoms with Crippen LogP contribution in [0, 0.1) is 11.2 Å². The average molecular weight is 365 g/mol. The van der Waals surface area contributed by atoms with Gasteiger partial charge >= 0.3 is 0 Å². The summed E-state index contributed by atoms with van der Waals surface area (Å²) in [5.74, 6) is 0.349. The molecule has 3 rings (SSSR count). The van der Waals surface area contributed by atoms with Crippen molar-refractivity contribution in [2.45, 2.75) is 71.6 Å². The molecule has 2 atom stereocenters. The number of halogens is 1. The van der Waals surface area contributed by atoms with E-state index in [0.29, 0.717) is 5.92 Å². The molecular weight excluding hydrogens is 331 g/mol. The van der Waals surface area contributed by atoms with Gasteiger partial charge in [-0.05, 0) is 59.9 Å². The third-order valence-corrected chi connectivity index (χ3v) is 6.59. The van der Waals surface area contributed by atoms with Crippen LogP contribution < -0.4 is 0 Å². The first-order valence-electron chi connectivity index (χ1n) is 10.6. The molecule has 144 valence electrons. The van der Waals surface area contributed by atoms with Crippen LogP contribution in [0.25, 0.3) is 6.08 Å². The molecule has 0 saturated carbocycles.